The second-order valence-corrected chi connectivity index (χ2v) is 5.95. The molecule has 1 aliphatic rings. The van der Waals surface area contributed by atoms with Crippen molar-refractivity contribution in [2.45, 2.75) is 38.1 Å². The molecule has 6 heteroatoms. The minimum atomic E-state index is -0.306. The monoisotopic (exact) mass is 292 g/mol. The van der Waals surface area contributed by atoms with Gasteiger partial charge in [-0.3, -0.25) is 9.59 Å². The van der Waals surface area contributed by atoms with E-state index in [1.54, 1.807) is 0 Å². The molecule has 0 spiro atoms. The Morgan fingerprint density at radius 2 is 2.10 bits per heavy atom. The minimum absolute atomic E-state index is 0.242. The van der Waals surface area contributed by atoms with Crippen molar-refractivity contribution in [1.29, 1.82) is 0 Å². The number of nitrogens with zero attached hydrogens (tertiary/aromatic N) is 2. The maximum atomic E-state index is 12.1. The summed E-state index contributed by atoms with van der Waals surface area (Å²) in [6.45, 7) is 0.608. The number of aromatic amines is 1. The van der Waals surface area contributed by atoms with Gasteiger partial charge in [0.15, 0.2) is 0 Å². The molecule has 1 aromatic heterocycles. The van der Waals surface area contributed by atoms with E-state index in [0.717, 1.165) is 0 Å². The van der Waals surface area contributed by atoms with Gasteiger partial charge in [0.2, 0.25) is 0 Å². The zero-order valence-electron chi connectivity index (χ0n) is 12.8. The van der Waals surface area contributed by atoms with Gasteiger partial charge in [-0.15, -0.1) is 0 Å². The van der Waals surface area contributed by atoms with Crippen LogP contribution in [-0.4, -0.2) is 47.7 Å². The van der Waals surface area contributed by atoms with Crippen LogP contribution in [-0.2, 0) is 0 Å². The van der Waals surface area contributed by atoms with Crippen LogP contribution in [0.2, 0.25) is 0 Å². The summed E-state index contributed by atoms with van der Waals surface area (Å²) in [5.41, 5.74) is -0.0596. The van der Waals surface area contributed by atoms with Crippen LogP contribution in [0.3, 0.4) is 0 Å². The fourth-order valence-electron chi connectivity index (χ4n) is 3.05. The van der Waals surface area contributed by atoms with E-state index in [2.05, 4.69) is 34.5 Å². The number of likely N-dealkylation sites (N-methyl/N-ethyl adjacent to an activating group) is 1. The molecule has 6 nitrogen and oxygen atoms in total. The summed E-state index contributed by atoms with van der Waals surface area (Å²) < 4.78 is 0. The van der Waals surface area contributed by atoms with Crippen molar-refractivity contribution in [3.63, 3.8) is 0 Å². The van der Waals surface area contributed by atoms with Crippen molar-refractivity contribution < 1.29 is 4.79 Å². The Kier molecular flexibility index (Phi) is 5.50. The lowest BCUT2D eigenvalue weighted by Crippen LogP contribution is -2.45. The minimum Gasteiger partial charge on any atom is -0.349 e. The van der Waals surface area contributed by atoms with Crippen molar-refractivity contribution in [2.75, 3.05) is 20.6 Å². The fourth-order valence-corrected chi connectivity index (χ4v) is 3.05. The number of carbonyl (C=O) groups excluding carboxylic acids is 1. The molecule has 0 aromatic carbocycles. The third-order valence-corrected chi connectivity index (χ3v) is 4.24. The maximum Gasteiger partial charge on any atom is 0.271 e. The number of H-pyrrole nitrogens is 1. The topological polar surface area (TPSA) is 78.1 Å². The Labute approximate surface area is 124 Å². The SMILES string of the molecule is CN(C)C(CNC(=O)c1ccc(=O)[nH]n1)C1CCCCC1. The molecular weight excluding hydrogens is 268 g/mol. The van der Waals surface area contributed by atoms with E-state index in [4.69, 9.17) is 0 Å². The number of hydrogen-bond donors (Lipinski definition) is 2. The zero-order valence-corrected chi connectivity index (χ0v) is 12.8. The van der Waals surface area contributed by atoms with E-state index in [0.29, 0.717) is 18.5 Å². The van der Waals surface area contributed by atoms with Gasteiger partial charge in [-0.2, -0.15) is 5.10 Å². The van der Waals surface area contributed by atoms with Crippen molar-refractivity contribution in [2.24, 2.45) is 5.92 Å². The number of aromatic nitrogens is 2. The number of carbonyl (C=O) groups is 1. The molecule has 116 valence electrons. The second-order valence-electron chi connectivity index (χ2n) is 5.95. The number of rotatable bonds is 5. The Morgan fingerprint density at radius 1 is 1.38 bits per heavy atom. The summed E-state index contributed by atoms with van der Waals surface area (Å²) in [5.74, 6) is 0.395. The third kappa shape index (κ3) is 4.39. The summed E-state index contributed by atoms with van der Waals surface area (Å²) in [6, 6.07) is 3.10. The predicted octanol–water partition coefficient (Wildman–Crippen LogP) is 1.01. The molecule has 2 N–H and O–H groups in total. The summed E-state index contributed by atoms with van der Waals surface area (Å²) in [7, 11) is 4.12. The Bertz CT molecular complexity index is 500. The standard InChI is InChI=1S/C15H24N4O2/c1-19(2)13(11-6-4-3-5-7-11)10-16-15(21)12-8-9-14(20)18-17-12/h8-9,11,13H,3-7,10H2,1-2H3,(H,16,21)(H,18,20). The van der Waals surface area contributed by atoms with E-state index >= 15 is 0 Å². The summed E-state index contributed by atoms with van der Waals surface area (Å²) >= 11 is 0. The molecule has 0 bridgehead atoms. The number of amides is 1. The van der Waals surface area contributed by atoms with Gasteiger partial charge in [-0.05, 0) is 38.9 Å². The Hall–Kier alpha value is -1.69. The van der Waals surface area contributed by atoms with Gasteiger partial charge in [0.05, 0.1) is 0 Å². The molecule has 2 rings (SSSR count). The first-order valence-corrected chi connectivity index (χ1v) is 7.58. The lowest BCUT2D eigenvalue weighted by molar-refractivity contribution is 0.0916. The Balaban J connectivity index is 1.93. The molecule has 1 heterocycles. The third-order valence-electron chi connectivity index (χ3n) is 4.24. The van der Waals surface area contributed by atoms with E-state index in [-0.39, 0.29) is 17.2 Å². The van der Waals surface area contributed by atoms with E-state index in [1.165, 1.54) is 44.2 Å². The molecular formula is C15H24N4O2. The molecule has 1 fully saturated rings. The summed E-state index contributed by atoms with van der Waals surface area (Å²) in [5, 5.41) is 8.96. The average molecular weight is 292 g/mol. The largest absolute Gasteiger partial charge is 0.349 e. The molecule has 0 aliphatic heterocycles. The van der Waals surface area contributed by atoms with E-state index in [9.17, 15) is 9.59 Å². The molecule has 0 saturated heterocycles. The van der Waals surface area contributed by atoms with Gasteiger partial charge in [0.25, 0.3) is 11.5 Å². The van der Waals surface area contributed by atoms with Crippen molar-refractivity contribution in [3.05, 3.63) is 28.2 Å². The first-order valence-electron chi connectivity index (χ1n) is 7.58. The molecule has 1 aromatic rings. The lowest BCUT2D eigenvalue weighted by atomic mass is 9.83. The predicted molar refractivity (Wildman–Crippen MR) is 81.2 cm³/mol. The quantitative estimate of drug-likeness (QED) is 0.849. The average Bonchev–Trinajstić information content (AvgIpc) is 2.48. The van der Waals surface area contributed by atoms with Crippen LogP contribution in [0.15, 0.2) is 16.9 Å². The summed E-state index contributed by atoms with van der Waals surface area (Å²) in [6.07, 6.45) is 6.35. The van der Waals surface area contributed by atoms with Crippen LogP contribution in [0.5, 0.6) is 0 Å². The molecule has 1 atom stereocenters. The van der Waals surface area contributed by atoms with Crippen molar-refractivity contribution in [3.8, 4) is 0 Å². The van der Waals surface area contributed by atoms with E-state index in [1.807, 2.05) is 0 Å². The van der Waals surface area contributed by atoms with Crippen LogP contribution in [0.1, 0.15) is 42.6 Å². The second kappa shape index (κ2) is 7.36. The normalized spacial score (nSPS) is 17.7. The molecule has 1 unspecified atom stereocenters. The zero-order chi connectivity index (χ0) is 15.2. The number of hydrogen-bond acceptors (Lipinski definition) is 4. The van der Waals surface area contributed by atoms with Gasteiger partial charge < -0.3 is 10.2 Å². The molecule has 1 aliphatic carbocycles. The highest BCUT2D eigenvalue weighted by molar-refractivity contribution is 5.91. The van der Waals surface area contributed by atoms with Crippen LogP contribution in [0, 0.1) is 5.92 Å². The highest BCUT2D eigenvalue weighted by atomic mass is 16.2. The first-order chi connectivity index (χ1) is 10.1. The summed E-state index contributed by atoms with van der Waals surface area (Å²) in [4.78, 5) is 25.2. The Morgan fingerprint density at radius 3 is 2.67 bits per heavy atom. The lowest BCUT2D eigenvalue weighted by Gasteiger charge is -2.34. The molecule has 1 saturated carbocycles. The first kappa shape index (κ1) is 15.7. The van der Waals surface area contributed by atoms with Gasteiger partial charge in [0, 0.05) is 18.7 Å². The van der Waals surface area contributed by atoms with Crippen LogP contribution in [0.4, 0.5) is 0 Å². The van der Waals surface area contributed by atoms with Gasteiger partial charge in [-0.1, -0.05) is 19.3 Å². The smallest absolute Gasteiger partial charge is 0.271 e. The molecule has 0 radical (unpaired) electrons. The molecule has 1 amide bonds. The molecule has 21 heavy (non-hydrogen) atoms. The fraction of sp³-hybridized carbons (Fsp3) is 0.667. The van der Waals surface area contributed by atoms with E-state index < -0.39 is 0 Å². The highest BCUT2D eigenvalue weighted by Gasteiger charge is 2.25. The number of nitrogens with one attached hydrogen (secondary N) is 2. The van der Waals surface area contributed by atoms with Gasteiger partial charge in [0.1, 0.15) is 5.69 Å². The van der Waals surface area contributed by atoms with Crippen LogP contribution in [0.25, 0.3) is 0 Å². The van der Waals surface area contributed by atoms with Crippen LogP contribution < -0.4 is 10.9 Å². The van der Waals surface area contributed by atoms with Gasteiger partial charge in [-0.25, -0.2) is 5.10 Å². The van der Waals surface area contributed by atoms with Crippen molar-refractivity contribution >= 4 is 5.91 Å². The van der Waals surface area contributed by atoms with Crippen LogP contribution >= 0.6 is 0 Å². The maximum absolute atomic E-state index is 12.1. The highest BCUT2D eigenvalue weighted by Crippen LogP contribution is 2.28. The van der Waals surface area contributed by atoms with Crippen molar-refractivity contribution in [1.82, 2.24) is 20.4 Å². The van der Waals surface area contributed by atoms with Gasteiger partial charge >= 0.3 is 0 Å².